The molecule has 1 fully saturated rings. The van der Waals surface area contributed by atoms with E-state index in [1.807, 2.05) is 24.6 Å². The largest absolute Gasteiger partial charge is 0.573 e. The Balaban J connectivity index is 1.71. The van der Waals surface area contributed by atoms with Crippen LogP contribution in [-0.4, -0.2) is 41.7 Å². The third-order valence-corrected chi connectivity index (χ3v) is 6.21. The highest BCUT2D eigenvalue weighted by molar-refractivity contribution is 7.89. The zero-order chi connectivity index (χ0) is 19.8. The summed E-state index contributed by atoms with van der Waals surface area (Å²) in [4.78, 5) is 3.82. The van der Waals surface area contributed by atoms with Crippen molar-refractivity contribution in [2.75, 3.05) is 13.1 Å². The number of rotatable bonds is 6. The van der Waals surface area contributed by atoms with Gasteiger partial charge in [-0.3, -0.25) is 0 Å². The van der Waals surface area contributed by atoms with Crippen LogP contribution in [0.15, 0.2) is 41.6 Å². The summed E-state index contributed by atoms with van der Waals surface area (Å²) < 4.78 is 70.1. The van der Waals surface area contributed by atoms with Crippen molar-refractivity contribution in [3.63, 3.8) is 0 Å². The number of benzene rings is 1. The molecule has 0 radical (unpaired) electrons. The van der Waals surface area contributed by atoms with Gasteiger partial charge in [0.1, 0.15) is 16.5 Å². The number of imidazole rings is 1. The maximum Gasteiger partial charge on any atom is 0.573 e. The molecular weight excluding hydrogens is 383 g/mol. The van der Waals surface area contributed by atoms with E-state index in [1.165, 1.54) is 16.4 Å². The highest BCUT2D eigenvalue weighted by Crippen LogP contribution is 2.34. The van der Waals surface area contributed by atoms with Gasteiger partial charge < -0.3 is 9.30 Å². The van der Waals surface area contributed by atoms with Gasteiger partial charge in [0.2, 0.25) is 10.0 Å². The Bertz CT molecular complexity index is 903. The van der Waals surface area contributed by atoms with Crippen molar-refractivity contribution in [2.24, 2.45) is 5.92 Å². The molecule has 0 atom stereocenters. The van der Waals surface area contributed by atoms with E-state index in [-0.39, 0.29) is 24.9 Å². The molecule has 0 aliphatic carbocycles. The number of halogens is 3. The number of hydrogen-bond acceptors (Lipinski definition) is 4. The molecule has 3 rings (SSSR count). The fraction of sp³-hybridized carbons (Fsp3) is 0.471. The normalized spacial score (nSPS) is 16.5. The molecule has 1 aliphatic heterocycles. The lowest BCUT2D eigenvalue weighted by Gasteiger charge is -2.38. The fourth-order valence-corrected chi connectivity index (χ4v) is 4.81. The van der Waals surface area contributed by atoms with E-state index < -0.39 is 27.0 Å². The van der Waals surface area contributed by atoms with Gasteiger partial charge in [-0.25, -0.2) is 13.4 Å². The quantitative estimate of drug-likeness (QED) is 0.743. The van der Waals surface area contributed by atoms with Gasteiger partial charge in [-0.15, -0.1) is 13.2 Å². The Morgan fingerprint density at radius 1 is 1.26 bits per heavy atom. The molecule has 0 unspecified atom stereocenters. The Morgan fingerprint density at radius 2 is 1.93 bits per heavy atom. The average Bonchev–Trinajstić information content (AvgIpc) is 2.97. The second-order valence-electron chi connectivity index (χ2n) is 6.78. The van der Waals surface area contributed by atoms with E-state index in [0.717, 1.165) is 18.0 Å². The molecular formula is C17H20F3N3O3S. The molecule has 1 saturated heterocycles. The van der Waals surface area contributed by atoms with Crippen molar-refractivity contribution in [2.45, 2.75) is 37.6 Å². The summed E-state index contributed by atoms with van der Waals surface area (Å²) in [5.41, 5.74) is 0. The van der Waals surface area contributed by atoms with Gasteiger partial charge in [0.25, 0.3) is 0 Å². The zero-order valence-electron chi connectivity index (χ0n) is 14.8. The standard InChI is InChI=1S/C17H20F3N3O3S/c1-12(2)16-21-7-8-22(16)9-13-10-23(11-13)27(24,25)15-6-4-3-5-14(15)26-17(18,19)20/h3-8,12-13H,9-11H2,1-2H3. The summed E-state index contributed by atoms with van der Waals surface area (Å²) >= 11 is 0. The second-order valence-corrected chi connectivity index (χ2v) is 8.68. The van der Waals surface area contributed by atoms with Crippen LogP contribution in [0.1, 0.15) is 25.6 Å². The first-order valence-corrected chi connectivity index (χ1v) is 9.88. The van der Waals surface area contributed by atoms with Crippen molar-refractivity contribution in [3.8, 4) is 5.75 Å². The summed E-state index contributed by atoms with van der Waals surface area (Å²) in [6.45, 7) is 5.12. The van der Waals surface area contributed by atoms with E-state index >= 15 is 0 Å². The minimum Gasteiger partial charge on any atom is -0.404 e. The lowest BCUT2D eigenvalue weighted by molar-refractivity contribution is -0.275. The number of ether oxygens (including phenoxy) is 1. The lowest BCUT2D eigenvalue weighted by atomic mass is 10.0. The van der Waals surface area contributed by atoms with E-state index in [0.29, 0.717) is 6.54 Å². The summed E-state index contributed by atoms with van der Waals surface area (Å²) in [5, 5.41) is 0. The van der Waals surface area contributed by atoms with Crippen molar-refractivity contribution in [3.05, 3.63) is 42.5 Å². The SMILES string of the molecule is CC(C)c1nccn1CC1CN(S(=O)(=O)c2ccccc2OC(F)(F)F)C1. The Labute approximate surface area is 155 Å². The summed E-state index contributed by atoms with van der Waals surface area (Å²) in [6, 6.07) is 4.79. The fourth-order valence-electron chi connectivity index (χ4n) is 3.10. The molecule has 1 aromatic carbocycles. The smallest absolute Gasteiger partial charge is 0.404 e. The molecule has 148 valence electrons. The minimum atomic E-state index is -4.96. The highest BCUT2D eigenvalue weighted by Gasteiger charge is 2.40. The van der Waals surface area contributed by atoms with Crippen LogP contribution >= 0.6 is 0 Å². The van der Waals surface area contributed by atoms with Gasteiger partial charge in [0.15, 0.2) is 0 Å². The summed E-state index contributed by atoms with van der Waals surface area (Å²) in [6.07, 6.45) is -1.41. The van der Waals surface area contributed by atoms with E-state index in [4.69, 9.17) is 0 Å². The predicted molar refractivity (Wildman–Crippen MR) is 91.7 cm³/mol. The first-order chi connectivity index (χ1) is 12.6. The van der Waals surface area contributed by atoms with Crippen LogP contribution in [0, 0.1) is 5.92 Å². The summed E-state index contributed by atoms with van der Waals surface area (Å²) in [7, 11) is -4.06. The molecule has 1 aliphatic rings. The topological polar surface area (TPSA) is 64.4 Å². The monoisotopic (exact) mass is 403 g/mol. The van der Waals surface area contributed by atoms with Crippen molar-refractivity contribution < 1.29 is 26.3 Å². The third kappa shape index (κ3) is 4.27. The molecule has 0 amide bonds. The van der Waals surface area contributed by atoms with Crippen molar-refractivity contribution in [1.29, 1.82) is 0 Å². The number of sulfonamides is 1. The van der Waals surface area contributed by atoms with Gasteiger partial charge in [-0.2, -0.15) is 4.31 Å². The van der Waals surface area contributed by atoms with Gasteiger partial charge in [0.05, 0.1) is 0 Å². The number of nitrogens with zero attached hydrogens (tertiary/aromatic N) is 3. The Morgan fingerprint density at radius 3 is 2.56 bits per heavy atom. The number of aromatic nitrogens is 2. The van der Waals surface area contributed by atoms with Gasteiger partial charge in [-0.05, 0) is 12.1 Å². The van der Waals surface area contributed by atoms with Crippen LogP contribution in [-0.2, 0) is 16.6 Å². The van der Waals surface area contributed by atoms with Crippen molar-refractivity contribution in [1.82, 2.24) is 13.9 Å². The van der Waals surface area contributed by atoms with E-state index in [1.54, 1.807) is 6.20 Å². The second kappa shape index (κ2) is 7.16. The first kappa shape index (κ1) is 19.7. The van der Waals surface area contributed by atoms with Crippen LogP contribution in [0.4, 0.5) is 13.2 Å². The predicted octanol–water partition coefficient (Wildman–Crippen LogP) is 3.23. The van der Waals surface area contributed by atoms with Crippen LogP contribution < -0.4 is 4.74 Å². The van der Waals surface area contributed by atoms with Crippen LogP contribution in [0.3, 0.4) is 0 Å². The lowest BCUT2D eigenvalue weighted by Crippen LogP contribution is -2.51. The molecule has 10 heteroatoms. The molecule has 0 bridgehead atoms. The number of hydrogen-bond donors (Lipinski definition) is 0. The van der Waals surface area contributed by atoms with E-state index in [2.05, 4.69) is 9.72 Å². The molecule has 0 N–H and O–H groups in total. The van der Waals surface area contributed by atoms with Crippen LogP contribution in [0.2, 0.25) is 0 Å². The Hall–Kier alpha value is -2.07. The average molecular weight is 403 g/mol. The molecule has 0 spiro atoms. The van der Waals surface area contributed by atoms with E-state index in [9.17, 15) is 21.6 Å². The van der Waals surface area contributed by atoms with Crippen LogP contribution in [0.25, 0.3) is 0 Å². The van der Waals surface area contributed by atoms with Gasteiger partial charge in [0, 0.05) is 43.9 Å². The molecule has 2 aromatic rings. The Kier molecular flexibility index (Phi) is 5.22. The maximum atomic E-state index is 12.7. The molecule has 27 heavy (non-hydrogen) atoms. The van der Waals surface area contributed by atoms with Gasteiger partial charge >= 0.3 is 6.36 Å². The minimum absolute atomic E-state index is 0.0715. The maximum absolute atomic E-state index is 12.7. The third-order valence-electron chi connectivity index (χ3n) is 4.34. The highest BCUT2D eigenvalue weighted by atomic mass is 32.2. The van der Waals surface area contributed by atoms with Crippen LogP contribution in [0.5, 0.6) is 5.75 Å². The molecule has 6 nitrogen and oxygen atoms in total. The van der Waals surface area contributed by atoms with Gasteiger partial charge in [-0.1, -0.05) is 26.0 Å². The first-order valence-electron chi connectivity index (χ1n) is 8.44. The molecule has 0 saturated carbocycles. The molecule has 2 heterocycles. The van der Waals surface area contributed by atoms with Crippen molar-refractivity contribution >= 4 is 10.0 Å². The summed E-state index contributed by atoms with van der Waals surface area (Å²) in [5.74, 6) is 0.513. The number of para-hydroxylation sites is 1. The number of alkyl halides is 3. The molecule has 1 aromatic heterocycles. The zero-order valence-corrected chi connectivity index (χ0v) is 15.7.